The molecule has 0 fully saturated rings. The molecule has 0 amide bonds. The maximum Gasteiger partial charge on any atom is 0.158 e. The van der Waals surface area contributed by atoms with Crippen LogP contribution in [0.25, 0.3) is 0 Å². The summed E-state index contributed by atoms with van der Waals surface area (Å²) in [6, 6.07) is 9.90. The van der Waals surface area contributed by atoms with Crippen LogP contribution in [0.2, 0.25) is 0 Å². The van der Waals surface area contributed by atoms with Gasteiger partial charge in [0.05, 0.1) is 0 Å². The van der Waals surface area contributed by atoms with Crippen molar-refractivity contribution in [3.63, 3.8) is 0 Å². The van der Waals surface area contributed by atoms with Gasteiger partial charge in [0.2, 0.25) is 0 Å². The summed E-state index contributed by atoms with van der Waals surface area (Å²) >= 11 is 0. The van der Waals surface area contributed by atoms with Crippen molar-refractivity contribution in [1.29, 1.82) is 0 Å². The van der Waals surface area contributed by atoms with E-state index in [2.05, 4.69) is 0 Å². The summed E-state index contributed by atoms with van der Waals surface area (Å²) in [5, 5.41) is 1.14. The third kappa shape index (κ3) is 4.40. The third-order valence-electron chi connectivity index (χ3n) is 1.57. The van der Waals surface area contributed by atoms with Crippen molar-refractivity contribution in [2.45, 2.75) is 13.8 Å². The lowest BCUT2D eigenvalue weighted by Gasteiger charge is -2.02. The highest BCUT2D eigenvalue weighted by atomic mass is 35.5. The molecule has 0 N–H and O–H groups in total. The van der Waals surface area contributed by atoms with E-state index in [-0.39, 0.29) is 18.3 Å². The van der Waals surface area contributed by atoms with Crippen molar-refractivity contribution in [2.24, 2.45) is 5.92 Å². The standard InChI is InChI=1S/C10H13OP.ClH/c1-8(2)10(11)12-9-6-4-3-5-7-9;/h3-8,12H,1-2H3;1H. The molecule has 3 heteroatoms. The zero-order valence-corrected chi connectivity index (χ0v) is 9.60. The molecule has 0 heterocycles. The molecule has 1 aromatic rings. The first kappa shape index (κ1) is 12.6. The number of carbonyl (C=O) groups is 1. The van der Waals surface area contributed by atoms with Crippen LogP contribution in [0.4, 0.5) is 0 Å². The Morgan fingerprint density at radius 3 is 2.23 bits per heavy atom. The van der Waals surface area contributed by atoms with Crippen molar-refractivity contribution >= 4 is 31.8 Å². The van der Waals surface area contributed by atoms with Crippen molar-refractivity contribution in [3.8, 4) is 0 Å². The number of carbonyl (C=O) groups excluding carboxylic acids is 1. The first-order valence-corrected chi connectivity index (χ1v) is 5.06. The number of hydrogen-bond donors (Lipinski definition) is 0. The van der Waals surface area contributed by atoms with E-state index in [0.29, 0.717) is 14.1 Å². The quantitative estimate of drug-likeness (QED) is 0.710. The summed E-state index contributed by atoms with van der Waals surface area (Å²) < 4.78 is 0. The molecule has 1 unspecified atom stereocenters. The largest absolute Gasteiger partial charge is 0.294 e. The highest BCUT2D eigenvalue weighted by Gasteiger charge is 2.06. The van der Waals surface area contributed by atoms with E-state index in [4.69, 9.17) is 0 Å². The highest BCUT2D eigenvalue weighted by molar-refractivity contribution is 7.65. The predicted molar refractivity (Wildman–Crippen MR) is 61.5 cm³/mol. The van der Waals surface area contributed by atoms with Crippen LogP contribution in [0.5, 0.6) is 0 Å². The SMILES string of the molecule is CC(C)C(=O)Pc1ccccc1.Cl. The monoisotopic (exact) mass is 216 g/mol. The Morgan fingerprint density at radius 1 is 1.23 bits per heavy atom. The molecule has 1 nitrogen and oxygen atoms in total. The van der Waals surface area contributed by atoms with Gasteiger partial charge in [-0.2, -0.15) is 0 Å². The normalized spacial score (nSPS) is 10.4. The van der Waals surface area contributed by atoms with Gasteiger partial charge in [-0.1, -0.05) is 44.2 Å². The molecule has 0 aliphatic heterocycles. The van der Waals surface area contributed by atoms with Gasteiger partial charge in [0, 0.05) is 5.92 Å². The second-order valence-electron chi connectivity index (χ2n) is 3.01. The first-order valence-electron chi connectivity index (χ1n) is 4.06. The van der Waals surface area contributed by atoms with Gasteiger partial charge in [-0.3, -0.25) is 4.79 Å². The Kier molecular flexibility index (Phi) is 5.94. The maximum absolute atomic E-state index is 11.3. The minimum absolute atomic E-state index is 0. The number of hydrogen-bond acceptors (Lipinski definition) is 1. The van der Waals surface area contributed by atoms with Crippen LogP contribution in [0.15, 0.2) is 30.3 Å². The van der Waals surface area contributed by atoms with Crippen LogP contribution in [0, 0.1) is 5.92 Å². The number of rotatable bonds is 3. The van der Waals surface area contributed by atoms with E-state index >= 15 is 0 Å². The lowest BCUT2D eigenvalue weighted by atomic mass is 10.3. The lowest BCUT2D eigenvalue weighted by Crippen LogP contribution is -2.05. The van der Waals surface area contributed by atoms with Gasteiger partial charge >= 0.3 is 0 Å². The molecular weight excluding hydrogens is 203 g/mol. The Labute approximate surface area is 87.1 Å². The molecule has 0 saturated heterocycles. The topological polar surface area (TPSA) is 17.1 Å². The van der Waals surface area contributed by atoms with Gasteiger partial charge in [-0.05, 0) is 13.9 Å². The molecule has 13 heavy (non-hydrogen) atoms. The van der Waals surface area contributed by atoms with Crippen LogP contribution < -0.4 is 5.30 Å². The summed E-state index contributed by atoms with van der Waals surface area (Å²) in [4.78, 5) is 11.3. The van der Waals surface area contributed by atoms with E-state index in [9.17, 15) is 4.79 Å². The Balaban J connectivity index is 0.00000144. The van der Waals surface area contributed by atoms with Gasteiger partial charge in [-0.25, -0.2) is 0 Å². The fourth-order valence-corrected chi connectivity index (χ4v) is 1.74. The maximum atomic E-state index is 11.3. The Morgan fingerprint density at radius 2 is 1.77 bits per heavy atom. The van der Waals surface area contributed by atoms with Gasteiger partial charge in [-0.15, -0.1) is 12.4 Å². The van der Waals surface area contributed by atoms with Crippen molar-refractivity contribution in [2.75, 3.05) is 0 Å². The molecule has 1 aromatic carbocycles. The molecule has 0 saturated carbocycles. The van der Waals surface area contributed by atoms with Crippen LogP contribution in [-0.2, 0) is 4.79 Å². The van der Waals surface area contributed by atoms with E-state index in [1.54, 1.807) is 0 Å². The van der Waals surface area contributed by atoms with Crippen molar-refractivity contribution in [1.82, 2.24) is 0 Å². The molecule has 0 spiro atoms. The zero-order valence-electron chi connectivity index (χ0n) is 7.78. The molecule has 0 aliphatic rings. The molecule has 1 rings (SSSR count). The van der Waals surface area contributed by atoms with Crippen LogP contribution in [0.3, 0.4) is 0 Å². The van der Waals surface area contributed by atoms with Gasteiger partial charge < -0.3 is 0 Å². The minimum atomic E-state index is 0. The third-order valence-corrected chi connectivity index (χ3v) is 3.01. The fraction of sp³-hybridized carbons (Fsp3) is 0.300. The summed E-state index contributed by atoms with van der Waals surface area (Å²) in [6.07, 6.45) is 0. The molecule has 0 radical (unpaired) electrons. The summed E-state index contributed by atoms with van der Waals surface area (Å²) in [7, 11) is 0.320. The fourth-order valence-electron chi connectivity index (χ4n) is 0.808. The molecule has 0 aliphatic carbocycles. The number of halogens is 1. The van der Waals surface area contributed by atoms with Crippen LogP contribution in [-0.4, -0.2) is 5.52 Å². The van der Waals surface area contributed by atoms with Crippen LogP contribution in [0.1, 0.15) is 13.8 Å². The zero-order chi connectivity index (χ0) is 8.97. The average Bonchev–Trinajstić information content (AvgIpc) is 2.06. The summed E-state index contributed by atoms with van der Waals surface area (Å²) in [6.45, 7) is 3.89. The Bertz CT molecular complexity index is 259. The van der Waals surface area contributed by atoms with Crippen LogP contribution >= 0.6 is 21.0 Å². The van der Waals surface area contributed by atoms with Gasteiger partial charge in [0.25, 0.3) is 0 Å². The average molecular weight is 217 g/mol. The second kappa shape index (κ2) is 6.12. The molecule has 0 bridgehead atoms. The van der Waals surface area contributed by atoms with E-state index in [1.165, 1.54) is 0 Å². The van der Waals surface area contributed by atoms with Gasteiger partial charge in [0.1, 0.15) is 0 Å². The number of benzene rings is 1. The Hall–Kier alpha value is -0.390. The molecular formula is C10H14ClOP. The summed E-state index contributed by atoms with van der Waals surface area (Å²) in [5.41, 5.74) is 0.334. The molecule has 72 valence electrons. The lowest BCUT2D eigenvalue weighted by molar-refractivity contribution is -0.113. The van der Waals surface area contributed by atoms with E-state index in [0.717, 1.165) is 5.30 Å². The van der Waals surface area contributed by atoms with E-state index < -0.39 is 0 Å². The predicted octanol–water partition coefficient (Wildman–Crippen LogP) is 2.59. The minimum Gasteiger partial charge on any atom is -0.294 e. The molecule has 0 aromatic heterocycles. The molecule has 1 atom stereocenters. The first-order chi connectivity index (χ1) is 5.70. The van der Waals surface area contributed by atoms with Crippen molar-refractivity contribution in [3.05, 3.63) is 30.3 Å². The second-order valence-corrected chi connectivity index (χ2v) is 4.33. The smallest absolute Gasteiger partial charge is 0.158 e. The van der Waals surface area contributed by atoms with E-state index in [1.807, 2.05) is 44.2 Å². The van der Waals surface area contributed by atoms with Gasteiger partial charge in [0.15, 0.2) is 5.52 Å². The van der Waals surface area contributed by atoms with Crippen molar-refractivity contribution < 1.29 is 4.79 Å². The summed E-state index contributed by atoms with van der Waals surface area (Å²) in [5.74, 6) is 0.156. The highest BCUT2D eigenvalue weighted by Crippen LogP contribution is 2.16.